The Bertz CT molecular complexity index is 762. The van der Waals surface area contributed by atoms with Gasteiger partial charge in [0.25, 0.3) is 0 Å². The van der Waals surface area contributed by atoms with Gasteiger partial charge in [-0.15, -0.1) is 0 Å². The second kappa shape index (κ2) is 9.22. The number of unbranched alkanes of at least 4 members (excludes halogenated alkanes) is 1. The highest BCUT2D eigenvalue weighted by molar-refractivity contribution is 5.38. The highest BCUT2D eigenvalue weighted by Gasteiger charge is 2.87. The van der Waals surface area contributed by atoms with Crippen LogP contribution in [0.5, 0.6) is 5.75 Å². The molecule has 13 heteroatoms. The summed E-state index contributed by atoms with van der Waals surface area (Å²) in [5, 5.41) is 0. The number of rotatable bonds is 11. The molecule has 1 aromatic rings. The van der Waals surface area contributed by atoms with Crippen LogP contribution in [0.2, 0.25) is 0 Å². The Labute approximate surface area is 176 Å². The average Bonchev–Trinajstić information content (AvgIpc) is 2.66. The number of halogens is 11. The van der Waals surface area contributed by atoms with Crippen LogP contribution in [0.1, 0.15) is 38.7 Å². The van der Waals surface area contributed by atoms with Crippen molar-refractivity contribution in [2.45, 2.75) is 68.6 Å². The van der Waals surface area contributed by atoms with E-state index in [1.54, 1.807) is 6.92 Å². The normalized spacial score (nSPS) is 16.1. The molecule has 1 atom stereocenters. The molecule has 0 aliphatic carbocycles. The smallest absolute Gasteiger partial charge is 0.460 e. The van der Waals surface area contributed by atoms with E-state index in [0.717, 1.165) is 20.1 Å². The zero-order valence-corrected chi connectivity index (χ0v) is 17.1. The topological polar surface area (TPSA) is 18.5 Å². The number of para-hydroxylation sites is 1. The van der Waals surface area contributed by atoms with Gasteiger partial charge in [-0.1, -0.05) is 31.5 Å². The lowest BCUT2D eigenvalue weighted by molar-refractivity contribution is -0.424. The molecule has 0 fully saturated rings. The first-order valence-electron chi connectivity index (χ1n) is 9.18. The zero-order chi connectivity index (χ0) is 25.2. The van der Waals surface area contributed by atoms with Crippen molar-refractivity contribution in [1.82, 2.24) is 0 Å². The second-order valence-corrected chi connectivity index (χ2v) is 7.24. The van der Waals surface area contributed by atoms with E-state index in [9.17, 15) is 48.3 Å². The van der Waals surface area contributed by atoms with Gasteiger partial charge in [-0.25, -0.2) is 0 Å². The highest BCUT2D eigenvalue weighted by Crippen LogP contribution is 2.59. The van der Waals surface area contributed by atoms with Crippen LogP contribution in [0.4, 0.5) is 48.3 Å². The Morgan fingerprint density at radius 1 is 0.781 bits per heavy atom. The van der Waals surface area contributed by atoms with Crippen molar-refractivity contribution in [1.29, 1.82) is 0 Å². The van der Waals surface area contributed by atoms with Gasteiger partial charge in [0, 0.05) is 12.7 Å². The first-order valence-corrected chi connectivity index (χ1v) is 9.18. The molecule has 0 aliphatic heterocycles. The predicted molar refractivity (Wildman–Crippen MR) is 91.7 cm³/mol. The number of hydrogen-bond donors (Lipinski definition) is 0. The van der Waals surface area contributed by atoms with Gasteiger partial charge in [-0.2, -0.15) is 48.3 Å². The summed E-state index contributed by atoms with van der Waals surface area (Å²) in [6.07, 6.45) is -8.40. The van der Waals surface area contributed by atoms with Crippen molar-refractivity contribution in [2.75, 3.05) is 13.7 Å². The van der Waals surface area contributed by atoms with Gasteiger partial charge in [0.15, 0.2) is 0 Å². The molecule has 0 N–H and O–H groups in total. The first-order chi connectivity index (χ1) is 14.3. The summed E-state index contributed by atoms with van der Waals surface area (Å²) in [7, 11) is 0.750. The molecule has 0 spiro atoms. The van der Waals surface area contributed by atoms with Gasteiger partial charge in [0.2, 0.25) is 0 Å². The third-order valence-electron chi connectivity index (χ3n) is 4.83. The monoisotopic (exact) mass is 490 g/mol. The van der Waals surface area contributed by atoms with Crippen molar-refractivity contribution >= 4 is 0 Å². The van der Waals surface area contributed by atoms with Crippen molar-refractivity contribution in [3.8, 4) is 5.75 Å². The summed E-state index contributed by atoms with van der Waals surface area (Å²) in [5.74, 6) is -28.2. The van der Waals surface area contributed by atoms with Crippen LogP contribution in [0.15, 0.2) is 24.3 Å². The Hall–Kier alpha value is -1.79. The minimum Gasteiger partial charge on any atom is -0.493 e. The van der Waals surface area contributed by atoms with Crippen LogP contribution in [0.25, 0.3) is 0 Å². The number of alkyl halides is 11. The molecule has 0 aliphatic rings. The molecule has 0 radical (unpaired) electrons. The Kier molecular flexibility index (Phi) is 8.14. The molecular weight excluding hydrogens is 469 g/mol. The maximum atomic E-state index is 14.4. The first kappa shape index (κ1) is 28.2. The molecule has 32 heavy (non-hydrogen) atoms. The maximum Gasteiger partial charge on any atom is 0.460 e. The third kappa shape index (κ3) is 4.91. The lowest BCUT2D eigenvalue weighted by Crippen LogP contribution is -2.67. The number of methoxy groups -OCH3 is 1. The van der Waals surface area contributed by atoms with Gasteiger partial charge >= 0.3 is 29.9 Å². The largest absolute Gasteiger partial charge is 0.493 e. The quantitative estimate of drug-likeness (QED) is 0.241. The number of benzene rings is 1. The number of ether oxygens (including phenoxy) is 2. The van der Waals surface area contributed by atoms with Crippen LogP contribution in [0.3, 0.4) is 0 Å². The molecule has 0 heterocycles. The van der Waals surface area contributed by atoms with Crippen molar-refractivity contribution < 1.29 is 57.8 Å². The molecule has 0 saturated carbocycles. The molecule has 0 saturated heterocycles. The van der Waals surface area contributed by atoms with E-state index in [0.29, 0.717) is 12.8 Å². The van der Waals surface area contributed by atoms with E-state index in [1.165, 1.54) is 18.2 Å². The van der Waals surface area contributed by atoms with Gasteiger partial charge < -0.3 is 9.47 Å². The minimum atomic E-state index is -7.46. The lowest BCUT2D eigenvalue weighted by atomic mass is 9.84. The van der Waals surface area contributed by atoms with Crippen LogP contribution in [-0.2, 0) is 10.3 Å². The van der Waals surface area contributed by atoms with E-state index in [1.807, 2.05) is 0 Å². The van der Waals surface area contributed by atoms with Crippen LogP contribution < -0.4 is 4.74 Å². The molecule has 1 aromatic carbocycles. The molecule has 186 valence electrons. The molecular formula is C19H21F11O2. The molecule has 0 bridgehead atoms. The summed E-state index contributed by atoms with van der Waals surface area (Å²) in [4.78, 5) is 0. The van der Waals surface area contributed by atoms with E-state index >= 15 is 0 Å². The molecule has 1 unspecified atom stereocenters. The fraction of sp³-hybridized carbons (Fsp3) is 0.684. The van der Waals surface area contributed by atoms with Gasteiger partial charge in [-0.05, 0) is 19.4 Å². The molecule has 1 rings (SSSR count). The SMILES string of the molecule is CCCCOc1ccccc1C(C)(CC(F)(F)C(F)(F)C(F)(F)C(F)(F)C(F)(F)F)OC. The highest BCUT2D eigenvalue weighted by atomic mass is 19.4. The van der Waals surface area contributed by atoms with E-state index in [4.69, 9.17) is 9.47 Å². The van der Waals surface area contributed by atoms with Crippen LogP contribution in [0, 0.1) is 0 Å². The van der Waals surface area contributed by atoms with E-state index < -0.39 is 41.9 Å². The lowest BCUT2D eigenvalue weighted by Gasteiger charge is -2.40. The molecule has 2 nitrogen and oxygen atoms in total. The number of hydrogen-bond acceptors (Lipinski definition) is 2. The second-order valence-electron chi connectivity index (χ2n) is 7.24. The van der Waals surface area contributed by atoms with Gasteiger partial charge in [-0.3, -0.25) is 0 Å². The van der Waals surface area contributed by atoms with E-state index in [-0.39, 0.29) is 17.9 Å². The Morgan fingerprint density at radius 2 is 1.31 bits per heavy atom. The third-order valence-corrected chi connectivity index (χ3v) is 4.83. The Morgan fingerprint density at radius 3 is 1.78 bits per heavy atom. The molecule has 0 aromatic heterocycles. The summed E-state index contributed by atoms with van der Waals surface area (Å²) in [6.45, 7) is 2.63. The van der Waals surface area contributed by atoms with E-state index in [2.05, 4.69) is 0 Å². The standard InChI is InChI=1S/C19H21F11O2/c1-4-5-10-32-13-9-7-6-8-12(13)14(2,31-3)11-15(20,21)16(22,23)17(24,25)18(26,27)19(28,29)30/h6-9H,4-5,10-11H2,1-3H3. The summed E-state index contributed by atoms with van der Waals surface area (Å²) in [6, 6.07) is 4.96. The summed E-state index contributed by atoms with van der Waals surface area (Å²) >= 11 is 0. The van der Waals surface area contributed by atoms with Crippen molar-refractivity contribution in [3.05, 3.63) is 29.8 Å². The van der Waals surface area contributed by atoms with Crippen molar-refractivity contribution in [3.63, 3.8) is 0 Å². The van der Waals surface area contributed by atoms with Crippen molar-refractivity contribution in [2.24, 2.45) is 0 Å². The van der Waals surface area contributed by atoms with Gasteiger partial charge in [0.05, 0.1) is 18.6 Å². The minimum absolute atomic E-state index is 0.0652. The summed E-state index contributed by atoms with van der Waals surface area (Å²) < 4.78 is 157. The van der Waals surface area contributed by atoms with Gasteiger partial charge in [0.1, 0.15) is 5.75 Å². The zero-order valence-electron chi connectivity index (χ0n) is 17.1. The van der Waals surface area contributed by atoms with Crippen LogP contribution >= 0.6 is 0 Å². The predicted octanol–water partition coefficient (Wildman–Crippen LogP) is 7.22. The fourth-order valence-electron chi connectivity index (χ4n) is 2.77. The summed E-state index contributed by atoms with van der Waals surface area (Å²) in [5.41, 5.74) is -2.85. The maximum absolute atomic E-state index is 14.4. The molecule has 0 amide bonds. The fourth-order valence-corrected chi connectivity index (χ4v) is 2.77. The average molecular weight is 490 g/mol. The van der Waals surface area contributed by atoms with Crippen LogP contribution in [-0.4, -0.2) is 43.6 Å². The Balaban J connectivity index is 3.43.